The maximum atomic E-state index is 13.4. The Hall–Kier alpha value is -3.46. The van der Waals surface area contributed by atoms with Gasteiger partial charge in [0.15, 0.2) is 0 Å². The molecule has 1 aliphatic heterocycles. The molecule has 0 unspecified atom stereocenters. The fourth-order valence-electron chi connectivity index (χ4n) is 5.66. The second-order valence-corrected chi connectivity index (χ2v) is 12.1. The van der Waals surface area contributed by atoms with Gasteiger partial charge in [0.1, 0.15) is 6.61 Å². The quantitative estimate of drug-likeness (QED) is 0.470. The third-order valence-electron chi connectivity index (χ3n) is 7.59. The molecule has 3 aromatic rings. The van der Waals surface area contributed by atoms with Crippen molar-refractivity contribution in [1.82, 2.24) is 15.3 Å². The number of amides is 1. The number of rotatable bonds is 3. The Morgan fingerprint density at radius 2 is 1.68 bits per heavy atom. The monoisotopic (exact) mass is 534 g/mol. The number of sulfonamides is 1. The maximum absolute atomic E-state index is 13.4. The average molecular weight is 535 g/mol. The van der Waals surface area contributed by atoms with Gasteiger partial charge in [0.05, 0.1) is 16.6 Å². The van der Waals surface area contributed by atoms with Gasteiger partial charge in [0, 0.05) is 17.2 Å². The third kappa shape index (κ3) is 5.53. The summed E-state index contributed by atoms with van der Waals surface area (Å²) >= 11 is 0. The Labute approximate surface area is 224 Å². The summed E-state index contributed by atoms with van der Waals surface area (Å²) < 4.78 is 35.6. The summed E-state index contributed by atoms with van der Waals surface area (Å²) in [4.78, 5) is 22.4. The van der Waals surface area contributed by atoms with Crippen LogP contribution in [0.4, 0.5) is 5.95 Å². The van der Waals surface area contributed by atoms with Gasteiger partial charge in [-0.15, -0.1) is 0 Å². The summed E-state index contributed by atoms with van der Waals surface area (Å²) in [6.07, 6.45) is 6.72. The molecule has 2 aromatic carbocycles. The smallest absolute Gasteiger partial charge is 0.264 e. The van der Waals surface area contributed by atoms with E-state index in [1.54, 1.807) is 25.1 Å². The number of hydrogen-bond donors (Lipinski definition) is 2. The van der Waals surface area contributed by atoms with Crippen molar-refractivity contribution in [2.45, 2.75) is 70.2 Å². The summed E-state index contributed by atoms with van der Waals surface area (Å²) in [5, 5.41) is 3.13. The molecule has 1 saturated carbocycles. The molecule has 1 fully saturated rings. The lowest BCUT2D eigenvalue weighted by atomic mass is 9.85. The van der Waals surface area contributed by atoms with Gasteiger partial charge < -0.3 is 10.1 Å². The Bertz CT molecular complexity index is 1450. The fourth-order valence-corrected chi connectivity index (χ4v) is 6.87. The van der Waals surface area contributed by atoms with E-state index in [0.29, 0.717) is 22.7 Å². The Morgan fingerprint density at radius 1 is 0.974 bits per heavy atom. The summed E-state index contributed by atoms with van der Waals surface area (Å²) in [7, 11) is -4.08. The van der Waals surface area contributed by atoms with E-state index in [2.05, 4.69) is 20.0 Å². The molecule has 1 atom stereocenters. The van der Waals surface area contributed by atoms with Gasteiger partial charge in [-0.25, -0.2) is 18.1 Å². The van der Waals surface area contributed by atoms with Crippen LogP contribution in [0.2, 0.25) is 0 Å². The average Bonchev–Trinajstić information content (AvgIpc) is 2.87. The third-order valence-corrected chi connectivity index (χ3v) is 9.07. The van der Waals surface area contributed by atoms with Crippen LogP contribution in [-0.4, -0.2) is 36.9 Å². The first-order chi connectivity index (χ1) is 18.2. The van der Waals surface area contributed by atoms with Gasteiger partial charge in [-0.05, 0) is 61.9 Å². The van der Waals surface area contributed by atoms with E-state index < -0.39 is 10.0 Å². The molecule has 4 bridgehead atoms. The molecule has 1 aliphatic carbocycles. The lowest BCUT2D eigenvalue weighted by Crippen LogP contribution is -2.41. The second-order valence-electron chi connectivity index (χ2n) is 10.4. The van der Waals surface area contributed by atoms with Crippen molar-refractivity contribution in [1.29, 1.82) is 0 Å². The van der Waals surface area contributed by atoms with E-state index in [4.69, 9.17) is 4.74 Å². The predicted octanol–water partition coefficient (Wildman–Crippen LogP) is 5.33. The fraction of sp³-hybridized carbons (Fsp3) is 0.414. The number of carbonyl (C=O) groups excluding carboxylic acids is 1. The van der Waals surface area contributed by atoms with Crippen molar-refractivity contribution in [3.63, 3.8) is 0 Å². The summed E-state index contributed by atoms with van der Waals surface area (Å²) in [5.41, 5.74) is 4.18. The van der Waals surface area contributed by atoms with Crippen LogP contribution < -0.4 is 14.8 Å². The second kappa shape index (κ2) is 10.7. The van der Waals surface area contributed by atoms with Crippen LogP contribution >= 0.6 is 0 Å². The van der Waals surface area contributed by atoms with E-state index in [0.717, 1.165) is 36.0 Å². The normalized spacial score (nSPS) is 19.7. The molecule has 38 heavy (non-hydrogen) atoms. The highest BCUT2D eigenvalue weighted by Crippen LogP contribution is 2.31. The minimum atomic E-state index is -4.08. The van der Waals surface area contributed by atoms with Gasteiger partial charge in [-0.2, -0.15) is 4.98 Å². The highest BCUT2D eigenvalue weighted by atomic mass is 32.2. The molecule has 0 spiro atoms. The molecule has 9 heteroatoms. The summed E-state index contributed by atoms with van der Waals surface area (Å²) in [6.45, 7) is 5.84. The number of aromatic nitrogens is 2. The SMILES string of the molecule is Cc1cccc(C)c1-c1cc2nc(n1)NS(=O)(=O)c1cccc(c1C)C(=O)N[C@H](CC1CCCCC1)CO2. The van der Waals surface area contributed by atoms with Crippen molar-refractivity contribution in [3.05, 3.63) is 64.7 Å². The van der Waals surface area contributed by atoms with E-state index in [9.17, 15) is 13.2 Å². The van der Waals surface area contributed by atoms with Gasteiger partial charge in [-0.1, -0.05) is 56.4 Å². The Kier molecular flexibility index (Phi) is 7.38. The van der Waals surface area contributed by atoms with E-state index in [-0.39, 0.29) is 35.3 Å². The van der Waals surface area contributed by atoms with Gasteiger partial charge in [-0.3, -0.25) is 4.79 Å². The molecular formula is C29H34N4O4S. The number of aryl methyl sites for hydroxylation is 2. The topological polar surface area (TPSA) is 110 Å². The van der Waals surface area contributed by atoms with Crippen LogP contribution in [0.25, 0.3) is 11.3 Å². The first kappa shape index (κ1) is 26.2. The predicted molar refractivity (Wildman–Crippen MR) is 147 cm³/mol. The standard InChI is InChI=1S/C29H34N4O4S/c1-18-9-7-10-19(2)27(18)24-16-26-32-29(31-24)33-38(35,36)25-14-8-13-23(20(25)3)28(34)30-22(17-37-26)15-21-11-5-4-6-12-21/h7-10,13-14,16,21-22H,4-6,11-12,15,17H2,1-3H3,(H,30,34)(H,31,32,33)/t22-/m1/s1. The van der Waals surface area contributed by atoms with Crippen LogP contribution in [-0.2, 0) is 10.0 Å². The zero-order valence-electron chi connectivity index (χ0n) is 22.1. The van der Waals surface area contributed by atoms with Crippen LogP contribution in [0.15, 0.2) is 47.4 Å². The van der Waals surface area contributed by atoms with Crippen molar-refractivity contribution < 1.29 is 17.9 Å². The Morgan fingerprint density at radius 3 is 2.42 bits per heavy atom. The molecule has 0 radical (unpaired) electrons. The minimum Gasteiger partial charge on any atom is -0.475 e. The van der Waals surface area contributed by atoms with E-state index in [1.807, 2.05) is 32.0 Å². The molecule has 2 aliphatic rings. The molecule has 8 nitrogen and oxygen atoms in total. The number of nitrogens with zero attached hydrogens (tertiary/aromatic N) is 2. The van der Waals surface area contributed by atoms with Crippen LogP contribution in [0.5, 0.6) is 5.88 Å². The highest BCUT2D eigenvalue weighted by Gasteiger charge is 2.27. The summed E-state index contributed by atoms with van der Waals surface area (Å²) in [5.74, 6) is 0.374. The first-order valence-electron chi connectivity index (χ1n) is 13.2. The molecule has 1 amide bonds. The first-order valence-corrected chi connectivity index (χ1v) is 14.7. The van der Waals surface area contributed by atoms with Gasteiger partial charge in [0.25, 0.3) is 15.9 Å². The lowest BCUT2D eigenvalue weighted by Gasteiger charge is -2.27. The van der Waals surface area contributed by atoms with Crippen molar-refractivity contribution in [2.24, 2.45) is 5.92 Å². The number of carbonyl (C=O) groups is 1. The highest BCUT2D eigenvalue weighted by molar-refractivity contribution is 7.92. The van der Waals surface area contributed by atoms with Crippen molar-refractivity contribution in [2.75, 3.05) is 11.3 Å². The summed E-state index contributed by atoms with van der Waals surface area (Å²) in [6, 6.07) is 12.2. The molecule has 200 valence electrons. The maximum Gasteiger partial charge on any atom is 0.264 e. The zero-order chi connectivity index (χ0) is 26.9. The molecular weight excluding hydrogens is 500 g/mol. The van der Waals surface area contributed by atoms with Crippen molar-refractivity contribution >= 4 is 21.9 Å². The van der Waals surface area contributed by atoms with Crippen molar-refractivity contribution in [3.8, 4) is 17.1 Å². The van der Waals surface area contributed by atoms with Crippen LogP contribution in [0.1, 0.15) is 65.6 Å². The number of fused-ring (bicyclic) bond motifs is 4. The number of hydrogen-bond acceptors (Lipinski definition) is 6. The molecule has 5 rings (SSSR count). The van der Waals surface area contributed by atoms with E-state index >= 15 is 0 Å². The number of benzene rings is 2. The zero-order valence-corrected chi connectivity index (χ0v) is 22.9. The molecule has 1 aromatic heterocycles. The van der Waals surface area contributed by atoms with Crippen LogP contribution in [0, 0.1) is 26.7 Å². The number of anilines is 1. The van der Waals surface area contributed by atoms with Crippen LogP contribution in [0.3, 0.4) is 0 Å². The van der Waals surface area contributed by atoms with E-state index in [1.165, 1.54) is 25.3 Å². The minimum absolute atomic E-state index is 0.0109. The Balaban J connectivity index is 1.60. The lowest BCUT2D eigenvalue weighted by molar-refractivity contribution is 0.0906. The number of nitrogens with one attached hydrogen (secondary N) is 2. The molecule has 2 N–H and O–H groups in total. The van der Waals surface area contributed by atoms with Gasteiger partial charge in [0.2, 0.25) is 11.8 Å². The number of ether oxygens (including phenoxy) is 1. The van der Waals surface area contributed by atoms with Gasteiger partial charge >= 0.3 is 0 Å². The molecule has 2 heterocycles. The largest absolute Gasteiger partial charge is 0.475 e. The molecule has 0 saturated heterocycles.